The van der Waals surface area contributed by atoms with E-state index in [1.807, 2.05) is 0 Å². The number of benzene rings is 1. The number of hydrogen-bond acceptors (Lipinski definition) is 9. The number of nitrogens with one attached hydrogen (secondary N) is 1. The first-order valence-electron chi connectivity index (χ1n) is 10.2. The summed E-state index contributed by atoms with van der Waals surface area (Å²) in [6, 6.07) is 6.70. The van der Waals surface area contributed by atoms with Gasteiger partial charge in [0.15, 0.2) is 5.65 Å². The summed E-state index contributed by atoms with van der Waals surface area (Å²) in [6.07, 6.45) is 10.1. The lowest BCUT2D eigenvalue weighted by molar-refractivity contribution is -0.206. The van der Waals surface area contributed by atoms with Crippen LogP contribution in [-0.2, 0) is 30.7 Å². The number of phosphoric ester groups is 1. The summed E-state index contributed by atoms with van der Waals surface area (Å²) in [7, 11) is -4.20. The lowest BCUT2D eigenvalue weighted by atomic mass is 10.1. The highest BCUT2D eigenvalue weighted by molar-refractivity contribution is 7.49. The van der Waals surface area contributed by atoms with Crippen LogP contribution in [0.1, 0.15) is 17.5 Å². The van der Waals surface area contributed by atoms with Crippen LogP contribution in [0.25, 0.3) is 11.0 Å². The predicted molar refractivity (Wildman–Crippen MR) is 120 cm³/mol. The minimum atomic E-state index is -4.20. The van der Waals surface area contributed by atoms with Crippen molar-refractivity contribution in [1.82, 2.24) is 14.5 Å². The number of phosphoric acid groups is 1. The van der Waals surface area contributed by atoms with E-state index in [4.69, 9.17) is 36.9 Å². The number of nitrogens with zero attached hydrogens (tertiary/aromatic N) is 2. The highest BCUT2D eigenvalue weighted by Gasteiger charge is 2.59. The molecule has 5 rings (SSSR count). The molecule has 0 aliphatic carbocycles. The summed E-state index contributed by atoms with van der Waals surface area (Å²) in [5.74, 6) is 1.83. The summed E-state index contributed by atoms with van der Waals surface area (Å²) in [4.78, 5) is 18.8. The van der Waals surface area contributed by atoms with Crippen molar-refractivity contribution in [3.8, 4) is 30.4 Å². The second kappa shape index (κ2) is 7.95. The van der Waals surface area contributed by atoms with Crippen LogP contribution in [0.2, 0.25) is 0 Å². The predicted octanol–water partition coefficient (Wildman–Crippen LogP) is 1.75. The molecule has 2 aliphatic rings. The number of aromatic nitrogens is 3. The summed E-state index contributed by atoms with van der Waals surface area (Å²) in [5, 5.41) is 10.8. The number of aliphatic hydroxyl groups is 1. The highest BCUT2D eigenvalue weighted by Crippen LogP contribution is 2.56. The quantitative estimate of drug-likeness (QED) is 0.360. The van der Waals surface area contributed by atoms with Gasteiger partial charge in [0.05, 0.1) is 17.6 Å². The number of hydrogen-bond donors (Lipinski definition) is 3. The van der Waals surface area contributed by atoms with Crippen molar-refractivity contribution in [2.75, 3.05) is 12.3 Å². The normalized spacial score (nSPS) is 29.8. The molecule has 0 amide bonds. The van der Waals surface area contributed by atoms with E-state index in [-0.39, 0.29) is 34.9 Å². The molecular formula is C22H18FN4O7P. The number of fused-ring (bicyclic) bond motifs is 2. The van der Waals surface area contributed by atoms with Crippen molar-refractivity contribution in [1.29, 1.82) is 0 Å². The maximum Gasteiger partial charge on any atom is 0.530 e. The van der Waals surface area contributed by atoms with Gasteiger partial charge in [-0.2, -0.15) is 4.98 Å². The van der Waals surface area contributed by atoms with E-state index in [2.05, 4.69) is 21.8 Å². The van der Waals surface area contributed by atoms with Crippen LogP contribution in [0.15, 0.2) is 35.3 Å². The summed E-state index contributed by atoms with van der Waals surface area (Å²) >= 11 is 0. The number of H-pyrrole nitrogens is 1. The summed E-state index contributed by atoms with van der Waals surface area (Å²) in [6.45, 7) is -1.03. The monoisotopic (exact) mass is 500 g/mol. The molecule has 1 fully saturated rings. The third kappa shape index (κ3) is 3.69. The smallest absolute Gasteiger partial charge is 0.404 e. The molecule has 2 aromatic heterocycles. The van der Waals surface area contributed by atoms with Gasteiger partial charge in [-0.15, -0.1) is 12.8 Å². The Morgan fingerprint density at radius 1 is 1.43 bits per heavy atom. The van der Waals surface area contributed by atoms with Gasteiger partial charge in [-0.3, -0.25) is 23.4 Å². The Bertz CT molecular complexity index is 1540. The average Bonchev–Trinajstić information content (AvgIpc) is 3.33. The Kier molecular flexibility index (Phi) is 5.25. The van der Waals surface area contributed by atoms with Crippen LogP contribution in [0.4, 0.5) is 10.3 Å². The Morgan fingerprint density at radius 3 is 2.94 bits per heavy atom. The lowest BCUT2D eigenvalue weighted by Crippen LogP contribution is -2.42. The van der Waals surface area contributed by atoms with Crippen molar-refractivity contribution in [2.24, 2.45) is 0 Å². The van der Waals surface area contributed by atoms with Gasteiger partial charge in [-0.1, -0.05) is 24.1 Å². The first-order chi connectivity index (χ1) is 16.6. The van der Waals surface area contributed by atoms with Gasteiger partial charge < -0.3 is 20.1 Å². The maximum absolute atomic E-state index is 15.8. The van der Waals surface area contributed by atoms with E-state index in [1.165, 1.54) is 6.20 Å². The molecule has 35 heavy (non-hydrogen) atoms. The number of ether oxygens (including phenoxy) is 1. The lowest BCUT2D eigenvalue weighted by Gasteiger charge is -2.30. The summed E-state index contributed by atoms with van der Waals surface area (Å²) in [5.41, 5.74) is 3.40. The zero-order valence-corrected chi connectivity index (χ0v) is 18.8. The van der Waals surface area contributed by atoms with Gasteiger partial charge in [0, 0.05) is 18.2 Å². The molecule has 0 spiro atoms. The molecular weight excluding hydrogens is 482 g/mol. The standard InChI is InChI=1S/C22H18FN4O7P/c1-3-13-10-27(18-17(13)19(29)26-20(24)25-18)22(4-2)16(28)9-21(23,34-22)12-32-35(30)31-11-14-7-5-6-8-15(14)33-35/h1-2,5-8,10,16,28H,9,11-12H2,(H3,24,25,26,29)/t16-,21+,22-,35?/m1/s1. The van der Waals surface area contributed by atoms with E-state index in [9.17, 15) is 14.5 Å². The number of halogens is 1. The molecule has 1 saturated heterocycles. The van der Waals surface area contributed by atoms with Crippen molar-refractivity contribution in [3.63, 3.8) is 0 Å². The van der Waals surface area contributed by atoms with Crippen molar-refractivity contribution in [2.45, 2.75) is 30.7 Å². The van der Waals surface area contributed by atoms with E-state index < -0.39 is 44.1 Å². The number of nitrogen functional groups attached to an aromatic ring is 1. The van der Waals surface area contributed by atoms with Crippen LogP contribution in [0.5, 0.6) is 5.75 Å². The Morgan fingerprint density at radius 2 is 2.20 bits per heavy atom. The molecule has 11 nitrogen and oxygen atoms in total. The largest absolute Gasteiger partial charge is 0.530 e. The van der Waals surface area contributed by atoms with Gasteiger partial charge in [-0.05, 0) is 12.0 Å². The number of anilines is 1. The van der Waals surface area contributed by atoms with Crippen molar-refractivity contribution in [3.05, 3.63) is 51.9 Å². The molecule has 3 aromatic rings. The molecule has 1 unspecified atom stereocenters. The highest BCUT2D eigenvalue weighted by atomic mass is 31.2. The fraction of sp³-hybridized carbons (Fsp3) is 0.273. The van der Waals surface area contributed by atoms with Gasteiger partial charge in [-0.25, -0.2) is 8.96 Å². The van der Waals surface area contributed by atoms with Crippen molar-refractivity contribution >= 4 is 24.8 Å². The van der Waals surface area contributed by atoms with Crippen LogP contribution in [-0.4, -0.2) is 38.2 Å². The Labute approximate surface area is 197 Å². The number of alkyl halides is 1. The van der Waals surface area contributed by atoms with Crippen LogP contribution >= 0.6 is 7.82 Å². The van der Waals surface area contributed by atoms with Crippen LogP contribution in [0.3, 0.4) is 0 Å². The molecule has 0 radical (unpaired) electrons. The fourth-order valence-electron chi connectivity index (χ4n) is 4.07. The van der Waals surface area contributed by atoms with Gasteiger partial charge in [0.1, 0.15) is 18.5 Å². The first kappa shape index (κ1) is 23.1. The molecule has 4 heterocycles. The van der Waals surface area contributed by atoms with Gasteiger partial charge in [0.2, 0.25) is 17.5 Å². The van der Waals surface area contributed by atoms with Gasteiger partial charge in [0.25, 0.3) is 5.56 Å². The number of para-hydroxylation sites is 1. The topological polar surface area (TPSA) is 151 Å². The number of terminal acetylenes is 2. The third-order valence-electron chi connectivity index (χ3n) is 5.68. The number of rotatable bonds is 4. The SMILES string of the molecule is C#Cc1cn([C@]2(C#C)O[C@](F)(COP3(=O)OCc4ccccc4O3)C[C@H]2O)c2nc(N)[nH]c(=O)c12. The second-order valence-corrected chi connectivity index (χ2v) is 9.54. The Balaban J connectivity index is 1.46. The van der Waals surface area contributed by atoms with E-state index in [0.717, 1.165) is 4.57 Å². The molecule has 0 bridgehead atoms. The average molecular weight is 500 g/mol. The zero-order valence-electron chi connectivity index (χ0n) is 17.9. The van der Waals surface area contributed by atoms with Gasteiger partial charge >= 0.3 is 7.82 Å². The molecule has 4 N–H and O–H groups in total. The fourth-order valence-corrected chi connectivity index (χ4v) is 5.32. The zero-order chi connectivity index (χ0) is 25.0. The molecule has 180 valence electrons. The van der Waals surface area contributed by atoms with Crippen LogP contribution < -0.4 is 15.8 Å². The summed E-state index contributed by atoms with van der Waals surface area (Å²) < 4.78 is 51.0. The molecule has 2 aliphatic heterocycles. The minimum absolute atomic E-state index is 0.0492. The molecule has 0 saturated carbocycles. The number of nitrogens with two attached hydrogens (primary N) is 1. The first-order valence-corrected chi connectivity index (χ1v) is 11.7. The molecule has 4 atom stereocenters. The Hall–Kier alpha value is -3.64. The number of aliphatic hydroxyl groups excluding tert-OH is 1. The molecule has 1 aromatic carbocycles. The number of aromatic amines is 1. The van der Waals surface area contributed by atoms with E-state index in [1.54, 1.807) is 24.3 Å². The van der Waals surface area contributed by atoms with E-state index in [0.29, 0.717) is 5.56 Å². The van der Waals surface area contributed by atoms with Crippen molar-refractivity contribution < 1.29 is 32.4 Å². The third-order valence-corrected chi connectivity index (χ3v) is 6.99. The minimum Gasteiger partial charge on any atom is -0.404 e. The van der Waals surface area contributed by atoms with E-state index >= 15 is 4.39 Å². The van der Waals surface area contributed by atoms with Crippen LogP contribution in [0, 0.1) is 24.7 Å². The molecule has 13 heteroatoms. The maximum atomic E-state index is 15.8. The second-order valence-electron chi connectivity index (χ2n) is 7.95.